The van der Waals surface area contributed by atoms with Crippen molar-refractivity contribution in [1.29, 1.82) is 0 Å². The van der Waals surface area contributed by atoms with Crippen molar-refractivity contribution in [3.05, 3.63) is 60.2 Å². The summed E-state index contributed by atoms with van der Waals surface area (Å²) in [6.45, 7) is 7.94. The Morgan fingerprint density at radius 2 is 1.84 bits per heavy atom. The van der Waals surface area contributed by atoms with Crippen LogP contribution in [0.4, 0.5) is 5.69 Å². The third-order valence-electron chi connectivity index (χ3n) is 6.28. The standard InChI is InChI=1S/C27H40N4O5S/c1-20(2)16-31(37(34,35)24-11-9-23(28)10-12-24)18-26(32)25(15-22-7-5-4-6-8-22)29-27(33)19-30-13-14-36-21(3)17-30/h4-12,20-21,25-26,32H,13-19,28H2,1-3H3,(H,29,33)/t21-,25-,26+/m0/s1. The van der Waals surface area contributed by atoms with E-state index in [1.165, 1.54) is 16.4 Å². The summed E-state index contributed by atoms with van der Waals surface area (Å²) in [6.07, 6.45) is -0.713. The molecule has 0 saturated carbocycles. The molecule has 0 aromatic heterocycles. The minimum absolute atomic E-state index is 0.0289. The fraction of sp³-hybridized carbons (Fsp3) is 0.519. The van der Waals surface area contributed by atoms with Crippen LogP contribution in [0.1, 0.15) is 26.3 Å². The van der Waals surface area contributed by atoms with E-state index >= 15 is 0 Å². The summed E-state index contributed by atoms with van der Waals surface area (Å²) in [5, 5.41) is 14.3. The Labute approximate surface area is 220 Å². The molecule has 2 aromatic carbocycles. The van der Waals surface area contributed by atoms with Gasteiger partial charge in [0, 0.05) is 31.9 Å². The van der Waals surface area contributed by atoms with E-state index in [9.17, 15) is 18.3 Å². The average molecular weight is 533 g/mol. The highest BCUT2D eigenvalue weighted by atomic mass is 32.2. The second-order valence-corrected chi connectivity index (χ2v) is 12.1. The third-order valence-corrected chi connectivity index (χ3v) is 8.12. The van der Waals surface area contributed by atoms with E-state index in [1.54, 1.807) is 12.1 Å². The number of ether oxygens (including phenoxy) is 1. The molecule has 37 heavy (non-hydrogen) atoms. The Balaban J connectivity index is 1.79. The van der Waals surface area contributed by atoms with Crippen LogP contribution >= 0.6 is 0 Å². The quantitative estimate of drug-likeness (QED) is 0.356. The molecule has 0 aliphatic carbocycles. The number of nitrogens with zero attached hydrogens (tertiary/aromatic N) is 2. The summed E-state index contributed by atoms with van der Waals surface area (Å²) >= 11 is 0. The third kappa shape index (κ3) is 8.79. The van der Waals surface area contributed by atoms with Crippen LogP contribution < -0.4 is 11.1 Å². The lowest BCUT2D eigenvalue weighted by Gasteiger charge is -2.33. The van der Waals surface area contributed by atoms with Crippen LogP contribution in [-0.4, -0.2) is 86.2 Å². The molecular formula is C27H40N4O5S. The lowest BCUT2D eigenvalue weighted by molar-refractivity contribution is -0.125. The first-order chi connectivity index (χ1) is 17.5. The Morgan fingerprint density at radius 3 is 2.46 bits per heavy atom. The largest absolute Gasteiger partial charge is 0.399 e. The molecule has 0 unspecified atom stereocenters. The second kappa shape index (κ2) is 13.3. The lowest BCUT2D eigenvalue weighted by atomic mass is 10.0. The number of morpholine rings is 1. The van der Waals surface area contributed by atoms with Gasteiger partial charge in [-0.05, 0) is 49.1 Å². The lowest BCUT2D eigenvalue weighted by Crippen LogP contribution is -2.53. The summed E-state index contributed by atoms with van der Waals surface area (Å²) in [4.78, 5) is 15.1. The smallest absolute Gasteiger partial charge is 0.243 e. The van der Waals surface area contributed by atoms with Gasteiger partial charge in [-0.3, -0.25) is 9.69 Å². The predicted octanol–water partition coefficient (Wildman–Crippen LogP) is 1.72. The number of rotatable bonds is 12. The molecule has 1 fully saturated rings. The van der Waals surface area contributed by atoms with Crippen molar-refractivity contribution >= 4 is 21.6 Å². The highest BCUT2D eigenvalue weighted by molar-refractivity contribution is 7.89. The van der Waals surface area contributed by atoms with Crippen LogP contribution in [0.5, 0.6) is 0 Å². The molecule has 4 N–H and O–H groups in total. The molecule has 9 nitrogen and oxygen atoms in total. The van der Waals surface area contributed by atoms with Crippen molar-refractivity contribution in [2.75, 3.05) is 45.1 Å². The first-order valence-corrected chi connectivity index (χ1v) is 14.2. The molecule has 1 heterocycles. The molecule has 3 rings (SSSR count). The highest BCUT2D eigenvalue weighted by Gasteiger charge is 2.31. The minimum Gasteiger partial charge on any atom is -0.399 e. The van der Waals surface area contributed by atoms with Gasteiger partial charge in [0.15, 0.2) is 0 Å². The van der Waals surface area contributed by atoms with Crippen molar-refractivity contribution in [3.63, 3.8) is 0 Å². The summed E-state index contributed by atoms with van der Waals surface area (Å²) in [5.41, 5.74) is 7.14. The van der Waals surface area contributed by atoms with Gasteiger partial charge in [0.05, 0.1) is 36.3 Å². The number of carbonyl (C=O) groups excluding carboxylic acids is 1. The van der Waals surface area contributed by atoms with E-state index in [-0.39, 0.29) is 42.5 Å². The van der Waals surface area contributed by atoms with Gasteiger partial charge in [-0.15, -0.1) is 0 Å². The van der Waals surface area contributed by atoms with Gasteiger partial charge in [0.1, 0.15) is 0 Å². The number of carbonyl (C=O) groups is 1. The molecule has 1 saturated heterocycles. The molecule has 1 aliphatic heterocycles. The van der Waals surface area contributed by atoms with Crippen LogP contribution in [0.3, 0.4) is 0 Å². The zero-order valence-electron chi connectivity index (χ0n) is 21.9. The minimum atomic E-state index is -3.89. The molecule has 2 aromatic rings. The number of nitrogens with two attached hydrogens (primary N) is 1. The molecule has 204 valence electrons. The zero-order valence-corrected chi connectivity index (χ0v) is 22.7. The number of anilines is 1. The van der Waals surface area contributed by atoms with Crippen LogP contribution in [0.15, 0.2) is 59.5 Å². The maximum Gasteiger partial charge on any atom is 0.243 e. The topological polar surface area (TPSA) is 125 Å². The number of nitrogens with one attached hydrogen (secondary N) is 1. The van der Waals surface area contributed by atoms with Gasteiger partial charge in [-0.2, -0.15) is 4.31 Å². The fourth-order valence-corrected chi connectivity index (χ4v) is 6.07. The van der Waals surface area contributed by atoms with Crippen molar-refractivity contribution in [2.24, 2.45) is 5.92 Å². The Morgan fingerprint density at radius 1 is 1.16 bits per heavy atom. The number of hydrogen-bond acceptors (Lipinski definition) is 7. The summed E-state index contributed by atoms with van der Waals surface area (Å²) in [6, 6.07) is 14.9. The van der Waals surface area contributed by atoms with Crippen molar-refractivity contribution < 1.29 is 23.1 Å². The Hall–Kier alpha value is -2.50. The first-order valence-electron chi connectivity index (χ1n) is 12.8. The van der Waals surface area contributed by atoms with Gasteiger partial charge in [-0.25, -0.2) is 8.42 Å². The van der Waals surface area contributed by atoms with E-state index in [0.29, 0.717) is 31.8 Å². The number of hydrogen-bond donors (Lipinski definition) is 3. The van der Waals surface area contributed by atoms with E-state index in [1.807, 2.05) is 56.0 Å². The van der Waals surface area contributed by atoms with Crippen molar-refractivity contribution in [2.45, 2.75) is 50.3 Å². The number of aliphatic hydroxyl groups is 1. The van der Waals surface area contributed by atoms with Crippen molar-refractivity contribution in [1.82, 2.24) is 14.5 Å². The number of amides is 1. The van der Waals surface area contributed by atoms with E-state index in [4.69, 9.17) is 10.5 Å². The molecule has 1 amide bonds. The van der Waals surface area contributed by atoms with E-state index in [0.717, 1.165) is 5.56 Å². The van der Waals surface area contributed by atoms with Crippen LogP contribution in [0, 0.1) is 5.92 Å². The molecule has 0 spiro atoms. The van der Waals surface area contributed by atoms with Gasteiger partial charge >= 0.3 is 0 Å². The molecule has 10 heteroatoms. The van der Waals surface area contributed by atoms with Crippen molar-refractivity contribution in [3.8, 4) is 0 Å². The molecular weight excluding hydrogens is 492 g/mol. The SMILES string of the molecule is CC(C)CN(C[C@@H](O)[C@H](Cc1ccccc1)NC(=O)CN1CCO[C@@H](C)C1)S(=O)(=O)c1ccc(N)cc1. The number of nitrogen functional groups attached to an aromatic ring is 1. The summed E-state index contributed by atoms with van der Waals surface area (Å²) in [5.74, 6) is -0.188. The van der Waals surface area contributed by atoms with Gasteiger partial charge < -0.3 is 20.9 Å². The Kier molecular flexibility index (Phi) is 10.5. The second-order valence-electron chi connectivity index (χ2n) is 10.1. The van der Waals surface area contributed by atoms with Gasteiger partial charge in [0.2, 0.25) is 15.9 Å². The summed E-state index contributed by atoms with van der Waals surface area (Å²) < 4.78 is 33.8. The van der Waals surface area contributed by atoms with Gasteiger partial charge in [0.25, 0.3) is 0 Å². The zero-order chi connectivity index (χ0) is 27.0. The maximum atomic E-state index is 13.5. The summed E-state index contributed by atoms with van der Waals surface area (Å²) in [7, 11) is -3.89. The Bertz CT molecular complexity index is 1100. The molecule has 0 radical (unpaired) electrons. The average Bonchev–Trinajstić information content (AvgIpc) is 2.84. The monoisotopic (exact) mass is 532 g/mol. The van der Waals surface area contributed by atoms with Gasteiger partial charge in [-0.1, -0.05) is 44.2 Å². The van der Waals surface area contributed by atoms with Crippen LogP contribution in [0.25, 0.3) is 0 Å². The number of benzene rings is 2. The van der Waals surface area contributed by atoms with E-state index < -0.39 is 22.2 Å². The molecule has 0 bridgehead atoms. The maximum absolute atomic E-state index is 13.5. The molecule has 3 atom stereocenters. The molecule has 1 aliphatic rings. The predicted molar refractivity (Wildman–Crippen MR) is 144 cm³/mol. The van der Waals surface area contributed by atoms with Crippen LogP contribution in [0.2, 0.25) is 0 Å². The van der Waals surface area contributed by atoms with Crippen LogP contribution in [-0.2, 0) is 26.0 Å². The number of aliphatic hydroxyl groups excluding tert-OH is 1. The van der Waals surface area contributed by atoms with E-state index in [2.05, 4.69) is 5.32 Å². The normalized spacial score (nSPS) is 18.6. The number of sulfonamides is 1. The fourth-order valence-electron chi connectivity index (χ4n) is 4.44. The first kappa shape index (κ1) is 29.1. The highest BCUT2D eigenvalue weighted by Crippen LogP contribution is 2.20.